The van der Waals surface area contributed by atoms with Gasteiger partial charge in [-0.2, -0.15) is 0 Å². The van der Waals surface area contributed by atoms with E-state index in [1.165, 1.54) is 20.8 Å². The zero-order chi connectivity index (χ0) is 86.5. The summed E-state index contributed by atoms with van der Waals surface area (Å²) < 4.78 is 0. The summed E-state index contributed by atoms with van der Waals surface area (Å²) in [5.41, 5.74) is 38.5. The Bertz CT molecular complexity index is 3310. The minimum atomic E-state index is -1.81. The molecule has 640 valence electrons. The van der Waals surface area contributed by atoms with Crippen molar-refractivity contribution in [2.24, 2.45) is 78.8 Å². The summed E-state index contributed by atoms with van der Waals surface area (Å²) in [4.78, 5) is 239. The van der Waals surface area contributed by atoms with Crippen molar-refractivity contribution in [1.82, 2.24) is 69.1 Å². The first kappa shape index (κ1) is 102. The number of hydrogen-bond donors (Lipinski definition) is 26. The van der Waals surface area contributed by atoms with E-state index in [0.29, 0.717) is 0 Å². The minimum Gasteiger partial charge on any atom is -0.481 e. The molecule has 14 atom stereocenters. The van der Waals surface area contributed by atoms with E-state index in [2.05, 4.69) is 84.1 Å². The molecule has 0 rings (SSSR count). The average molecular weight is 1610 g/mol. The van der Waals surface area contributed by atoms with E-state index in [0.717, 1.165) is 0 Å². The Morgan fingerprint density at radius 1 is 0.345 bits per heavy atom. The van der Waals surface area contributed by atoms with Crippen molar-refractivity contribution in [3.05, 3.63) is 0 Å². The fourth-order valence-electron chi connectivity index (χ4n) is 10.4. The van der Waals surface area contributed by atoms with Gasteiger partial charge < -0.3 is 140 Å². The van der Waals surface area contributed by atoms with Gasteiger partial charge in [-0.15, -0.1) is 0 Å². The second-order valence-corrected chi connectivity index (χ2v) is 27.9. The van der Waals surface area contributed by atoms with E-state index in [1.807, 2.05) is 0 Å². The second kappa shape index (κ2) is 53.5. The van der Waals surface area contributed by atoms with Crippen molar-refractivity contribution in [3.8, 4) is 0 Å². The zero-order valence-corrected chi connectivity index (χ0v) is 65.2. The Balaban J connectivity index is 7.32. The van der Waals surface area contributed by atoms with Gasteiger partial charge >= 0.3 is 23.9 Å². The van der Waals surface area contributed by atoms with Crippen LogP contribution in [0.2, 0.25) is 0 Å². The summed E-state index contributed by atoms with van der Waals surface area (Å²) in [5.74, 6) is -22.5. The van der Waals surface area contributed by atoms with Gasteiger partial charge in [0.25, 0.3) is 0 Å². The molecule has 13 amide bonds. The fraction of sp³-hybridized carbons (Fsp3) is 0.701. The van der Waals surface area contributed by atoms with Crippen LogP contribution in [0.15, 0.2) is 15.0 Å². The van der Waals surface area contributed by atoms with E-state index in [9.17, 15) is 107 Å². The average Bonchev–Trinajstić information content (AvgIpc) is 0.852. The molecule has 46 heteroatoms. The number of amides is 13. The number of carbonyl (C=O) groups is 17. The minimum absolute atomic E-state index is 0.0319. The highest BCUT2D eigenvalue weighted by atomic mass is 16.4. The number of guanidine groups is 3. The van der Waals surface area contributed by atoms with Crippen molar-refractivity contribution in [3.63, 3.8) is 0 Å². The predicted molar refractivity (Wildman–Crippen MR) is 405 cm³/mol. The summed E-state index contributed by atoms with van der Waals surface area (Å²) in [7, 11) is 0. The van der Waals surface area contributed by atoms with E-state index < -0.39 is 261 Å². The van der Waals surface area contributed by atoms with Crippen molar-refractivity contribution in [1.29, 1.82) is 0 Å². The molecule has 0 aromatic carbocycles. The monoisotopic (exact) mass is 1610 g/mol. The zero-order valence-electron chi connectivity index (χ0n) is 65.2. The SMILES string of the molecule is CC[C@H](C)[C@H](NC(=O)[C@H](CCCN=C(N)N)NC(=O)[C@H](CCC(=O)O)NC(=O)[C@H](CCCN=C(N)N)NC(=O)CNC(=O)[C@@H](N)CO)C(=O)N[C@@H](CC(C)C)C(=O)N[C@@H](CCC(=O)O)C(=O)N[C@@H](CCCN=C(N)N)C(=O)N[C@@H](CC(C)C)C(=O)N[C@@H](CO)C(=O)N[C@@H](C)C(=O)N[C@H](C(=O)N[C@@H](CCC(=O)O)C(=O)O)C(C)C. The highest BCUT2D eigenvalue weighted by Gasteiger charge is 2.39. The highest BCUT2D eigenvalue weighted by molar-refractivity contribution is 6.00. The van der Waals surface area contributed by atoms with Gasteiger partial charge in [0.2, 0.25) is 76.8 Å². The van der Waals surface area contributed by atoms with Gasteiger partial charge in [0.1, 0.15) is 78.5 Å². The Morgan fingerprint density at radius 3 is 1.00 bits per heavy atom. The van der Waals surface area contributed by atoms with E-state index in [1.54, 1.807) is 41.5 Å². The lowest BCUT2D eigenvalue weighted by atomic mass is 9.96. The molecule has 0 radical (unpaired) electrons. The van der Waals surface area contributed by atoms with Crippen LogP contribution in [0.1, 0.15) is 159 Å². The third-order valence-corrected chi connectivity index (χ3v) is 16.8. The van der Waals surface area contributed by atoms with Crippen LogP contribution in [0, 0.1) is 23.7 Å². The molecular formula is C67H119N23O23. The number of aliphatic hydroxyl groups excluding tert-OH is 2. The van der Waals surface area contributed by atoms with Gasteiger partial charge in [-0.25, -0.2) is 4.79 Å². The lowest BCUT2D eigenvalue weighted by Crippen LogP contribution is -2.61. The van der Waals surface area contributed by atoms with Crippen LogP contribution in [0.4, 0.5) is 0 Å². The third kappa shape index (κ3) is 42.6. The summed E-state index contributed by atoms with van der Waals surface area (Å²) in [5, 5.41) is 89.1. The summed E-state index contributed by atoms with van der Waals surface area (Å²) in [6.07, 6.45) is -4.82. The first-order chi connectivity index (χ1) is 52.8. The van der Waals surface area contributed by atoms with Gasteiger partial charge in [0.05, 0.1) is 19.8 Å². The molecule has 0 saturated carbocycles. The molecule has 0 fully saturated rings. The molecule has 0 aromatic rings. The number of nitrogens with zero attached hydrogens (tertiary/aromatic N) is 3. The normalized spacial score (nSPS) is 14.8. The van der Waals surface area contributed by atoms with Crippen LogP contribution in [0.3, 0.4) is 0 Å². The van der Waals surface area contributed by atoms with Crippen molar-refractivity contribution in [2.75, 3.05) is 39.4 Å². The van der Waals surface area contributed by atoms with Gasteiger partial charge in [-0.05, 0) is 101 Å². The van der Waals surface area contributed by atoms with Crippen molar-refractivity contribution in [2.45, 2.75) is 237 Å². The Labute approximate surface area is 653 Å². The maximum atomic E-state index is 14.7. The highest BCUT2D eigenvalue weighted by Crippen LogP contribution is 2.16. The molecular weight excluding hydrogens is 1490 g/mol. The Morgan fingerprint density at radius 2 is 0.655 bits per heavy atom. The first-order valence-electron chi connectivity index (χ1n) is 36.7. The molecule has 0 heterocycles. The summed E-state index contributed by atoms with van der Waals surface area (Å²) in [6, 6.07) is -20.7. The quantitative estimate of drug-likeness (QED) is 0.0153. The number of carboxylic acid groups (broad SMARTS) is 4. The summed E-state index contributed by atoms with van der Waals surface area (Å²) in [6.45, 7) is 11.1. The van der Waals surface area contributed by atoms with Crippen LogP contribution in [-0.2, 0) is 81.5 Å². The van der Waals surface area contributed by atoms with Crippen LogP contribution in [0.25, 0.3) is 0 Å². The van der Waals surface area contributed by atoms with Crippen LogP contribution >= 0.6 is 0 Å². The van der Waals surface area contributed by atoms with E-state index in [-0.39, 0.29) is 95.3 Å². The molecule has 113 heavy (non-hydrogen) atoms. The molecule has 33 N–H and O–H groups in total. The number of nitrogens with one attached hydrogen (secondary N) is 13. The molecule has 0 aliphatic rings. The fourth-order valence-corrected chi connectivity index (χ4v) is 10.4. The standard InChI is InChI=1S/C67H119N23O23/c1-10-34(8)51(90-58(106)39(16-13-25-77-67(73)74)82-56(104)40(17-20-47(94)95)83-54(102)37(14-11-23-75-65(69)70)80-46(93)28-78-53(101)36(68)29-91)63(111)87-44(27-32(4)5)59(107)84-41(18-21-48(96)97)57(105)81-38(15-12-24-76-66(71)72)55(103)86-43(26-31(2)3)60(108)88-45(30-92)61(109)79-35(9)52(100)89-50(33(6)7)62(110)85-42(64(112)113)19-22-49(98)99/h31-45,50-51,91-92H,10-30,68H2,1-9H3,(H,78,101)(H,79,109)(H,80,93)(H,81,105)(H,82,104)(H,83,102)(H,84,107)(H,85,110)(H,86,103)(H,87,111)(H,88,108)(H,89,100)(H,90,106)(H,94,95)(H,96,97)(H,98,99)(H,112,113)(H4,69,70,75)(H4,71,72,76)(H4,73,74,77)/t34-,35-,36-,37-,38-,39-,40-,41-,42-,43-,44-,45-,50-,51-/m0/s1. The maximum Gasteiger partial charge on any atom is 0.326 e. The second-order valence-electron chi connectivity index (χ2n) is 27.9. The topological polar surface area (TPSA) is 787 Å². The molecule has 0 spiro atoms. The Hall–Kier alpha value is -11.3. The number of aliphatic imine (C=N–C) groups is 3. The number of aliphatic hydroxyl groups is 2. The summed E-state index contributed by atoms with van der Waals surface area (Å²) >= 11 is 0. The van der Waals surface area contributed by atoms with E-state index in [4.69, 9.17) is 45.2 Å². The smallest absolute Gasteiger partial charge is 0.326 e. The number of aliphatic carboxylic acids is 4. The molecule has 0 bridgehead atoms. The number of nitrogens with two attached hydrogens (primary N) is 7. The lowest BCUT2D eigenvalue weighted by molar-refractivity contribution is -0.144. The van der Waals surface area contributed by atoms with Crippen LogP contribution < -0.4 is 109 Å². The molecule has 0 aromatic heterocycles. The lowest BCUT2D eigenvalue weighted by Gasteiger charge is -2.30. The van der Waals surface area contributed by atoms with Crippen molar-refractivity contribution < 1.29 is 112 Å². The number of rotatable bonds is 57. The molecule has 0 aliphatic heterocycles. The Kier molecular flexibility index (Phi) is 48.2. The first-order valence-corrected chi connectivity index (χ1v) is 36.7. The molecule has 46 nitrogen and oxygen atoms in total. The van der Waals surface area contributed by atoms with Gasteiger partial charge in [-0.1, -0.05) is 61.8 Å². The maximum absolute atomic E-state index is 14.7. The number of hydrogen-bond acceptors (Lipinski definition) is 23. The van der Waals surface area contributed by atoms with Crippen molar-refractivity contribution >= 4 is 119 Å². The molecule has 0 aliphatic carbocycles. The molecule has 0 unspecified atom stereocenters. The number of carboxylic acids is 4. The van der Waals surface area contributed by atoms with Crippen LogP contribution in [-0.4, -0.2) is 267 Å². The van der Waals surface area contributed by atoms with Gasteiger partial charge in [0, 0.05) is 38.9 Å². The predicted octanol–water partition coefficient (Wildman–Crippen LogP) is -9.11. The van der Waals surface area contributed by atoms with Gasteiger partial charge in [0.15, 0.2) is 17.9 Å². The van der Waals surface area contributed by atoms with E-state index >= 15 is 0 Å². The number of carbonyl (C=O) groups excluding carboxylic acids is 13. The molecule has 0 saturated heterocycles. The third-order valence-electron chi connectivity index (χ3n) is 16.8. The van der Waals surface area contributed by atoms with Crippen LogP contribution in [0.5, 0.6) is 0 Å². The van der Waals surface area contributed by atoms with Gasteiger partial charge in [-0.3, -0.25) is 91.7 Å². The largest absolute Gasteiger partial charge is 0.481 e.